The normalized spacial score (nSPS) is 22.8. The van der Waals surface area contributed by atoms with Gasteiger partial charge in [0.05, 0.1) is 13.2 Å². The molecule has 0 bridgehead atoms. The standard InChI is InChI=1S/C11H22N2O2S/c1-9(8-16-3)13(2)11(14)6-10-7-15-5-4-12-10/h9-10,12H,4-8H2,1-3H3. The molecule has 1 rings (SSSR count). The van der Waals surface area contributed by atoms with Gasteiger partial charge in [0.1, 0.15) is 0 Å². The fraction of sp³-hybridized carbons (Fsp3) is 0.909. The van der Waals surface area contributed by atoms with Crippen molar-refractivity contribution in [2.75, 3.05) is 38.8 Å². The van der Waals surface area contributed by atoms with E-state index < -0.39 is 0 Å². The molecule has 0 spiro atoms. The molecule has 5 heteroatoms. The third kappa shape index (κ3) is 4.31. The molecule has 0 aromatic heterocycles. The van der Waals surface area contributed by atoms with Crippen molar-refractivity contribution < 1.29 is 9.53 Å². The average Bonchev–Trinajstić information content (AvgIpc) is 2.29. The van der Waals surface area contributed by atoms with Crippen molar-refractivity contribution in [3.05, 3.63) is 0 Å². The summed E-state index contributed by atoms with van der Waals surface area (Å²) in [7, 11) is 1.88. The number of rotatable bonds is 5. The third-order valence-corrected chi connectivity index (χ3v) is 3.70. The number of morpholine rings is 1. The van der Waals surface area contributed by atoms with Crippen molar-refractivity contribution >= 4 is 17.7 Å². The highest BCUT2D eigenvalue weighted by atomic mass is 32.2. The van der Waals surface area contributed by atoms with E-state index in [0.717, 1.165) is 18.9 Å². The van der Waals surface area contributed by atoms with Crippen LogP contribution in [0.3, 0.4) is 0 Å². The second kappa shape index (κ2) is 7.14. The maximum absolute atomic E-state index is 11.9. The van der Waals surface area contributed by atoms with E-state index in [4.69, 9.17) is 4.74 Å². The van der Waals surface area contributed by atoms with E-state index in [-0.39, 0.29) is 11.9 Å². The second-order valence-corrected chi connectivity index (χ2v) is 5.15. The van der Waals surface area contributed by atoms with Crippen LogP contribution in [0.1, 0.15) is 13.3 Å². The van der Waals surface area contributed by atoms with Gasteiger partial charge in [-0.15, -0.1) is 0 Å². The fourth-order valence-electron chi connectivity index (χ4n) is 1.70. The van der Waals surface area contributed by atoms with Crippen molar-refractivity contribution in [1.29, 1.82) is 0 Å². The van der Waals surface area contributed by atoms with Gasteiger partial charge in [-0.1, -0.05) is 0 Å². The molecule has 1 fully saturated rings. The first-order valence-electron chi connectivity index (χ1n) is 5.71. The lowest BCUT2D eigenvalue weighted by molar-refractivity contribution is -0.132. The van der Waals surface area contributed by atoms with Gasteiger partial charge < -0.3 is 15.0 Å². The predicted molar refractivity (Wildman–Crippen MR) is 67.8 cm³/mol. The van der Waals surface area contributed by atoms with Crippen LogP contribution in [0.15, 0.2) is 0 Å². The highest BCUT2D eigenvalue weighted by Crippen LogP contribution is 2.07. The first kappa shape index (κ1) is 13.8. The second-order valence-electron chi connectivity index (χ2n) is 4.24. The Bertz CT molecular complexity index is 220. The zero-order chi connectivity index (χ0) is 12.0. The summed E-state index contributed by atoms with van der Waals surface area (Å²) < 4.78 is 5.33. The Balaban J connectivity index is 2.32. The third-order valence-electron chi connectivity index (χ3n) is 2.88. The molecule has 16 heavy (non-hydrogen) atoms. The van der Waals surface area contributed by atoms with Gasteiger partial charge in [0, 0.05) is 37.8 Å². The molecule has 0 aromatic carbocycles. The summed E-state index contributed by atoms with van der Waals surface area (Å²) in [6.07, 6.45) is 2.60. The van der Waals surface area contributed by atoms with Crippen LogP contribution >= 0.6 is 11.8 Å². The molecule has 0 radical (unpaired) electrons. The van der Waals surface area contributed by atoms with E-state index in [2.05, 4.69) is 18.5 Å². The number of hydrogen-bond acceptors (Lipinski definition) is 4. The first-order chi connectivity index (χ1) is 7.65. The lowest BCUT2D eigenvalue weighted by atomic mass is 10.1. The van der Waals surface area contributed by atoms with Gasteiger partial charge in [0.25, 0.3) is 0 Å². The van der Waals surface area contributed by atoms with E-state index in [1.54, 1.807) is 11.8 Å². The summed E-state index contributed by atoms with van der Waals surface area (Å²) in [5.74, 6) is 1.18. The minimum Gasteiger partial charge on any atom is -0.378 e. The molecule has 0 aliphatic carbocycles. The minimum atomic E-state index is 0.185. The lowest BCUT2D eigenvalue weighted by Gasteiger charge is -2.28. The van der Waals surface area contributed by atoms with E-state index in [1.807, 2.05) is 11.9 Å². The fourth-order valence-corrected chi connectivity index (χ4v) is 2.41. The molecule has 1 amide bonds. The molecule has 0 saturated carbocycles. The summed E-state index contributed by atoms with van der Waals surface area (Å²) in [6, 6.07) is 0.484. The highest BCUT2D eigenvalue weighted by molar-refractivity contribution is 7.98. The summed E-state index contributed by atoms with van der Waals surface area (Å²) >= 11 is 1.77. The van der Waals surface area contributed by atoms with Gasteiger partial charge in [0.2, 0.25) is 5.91 Å². The molecule has 1 aliphatic heterocycles. The van der Waals surface area contributed by atoms with Crippen LogP contribution in [-0.2, 0) is 9.53 Å². The molecule has 1 saturated heterocycles. The molecule has 94 valence electrons. The molecule has 2 atom stereocenters. The van der Waals surface area contributed by atoms with Crippen molar-refractivity contribution in [2.24, 2.45) is 0 Å². The molecule has 0 aromatic rings. The van der Waals surface area contributed by atoms with E-state index >= 15 is 0 Å². The molecule has 4 nitrogen and oxygen atoms in total. The topological polar surface area (TPSA) is 41.6 Å². The van der Waals surface area contributed by atoms with Gasteiger partial charge in [-0.25, -0.2) is 0 Å². The minimum absolute atomic E-state index is 0.185. The molecule has 1 heterocycles. The number of carbonyl (C=O) groups excluding carboxylic acids is 1. The van der Waals surface area contributed by atoms with Crippen LogP contribution in [0.4, 0.5) is 0 Å². The van der Waals surface area contributed by atoms with Crippen molar-refractivity contribution in [1.82, 2.24) is 10.2 Å². The highest BCUT2D eigenvalue weighted by Gasteiger charge is 2.21. The smallest absolute Gasteiger partial charge is 0.224 e. The Morgan fingerprint density at radius 1 is 1.69 bits per heavy atom. The zero-order valence-corrected chi connectivity index (χ0v) is 11.2. The van der Waals surface area contributed by atoms with Crippen LogP contribution in [0.2, 0.25) is 0 Å². The quantitative estimate of drug-likeness (QED) is 0.770. The largest absolute Gasteiger partial charge is 0.378 e. The van der Waals surface area contributed by atoms with Crippen LogP contribution in [0.5, 0.6) is 0 Å². The Morgan fingerprint density at radius 3 is 3.00 bits per heavy atom. The summed E-state index contributed by atoms with van der Waals surface area (Å²) in [6.45, 7) is 4.33. The molecule has 1 N–H and O–H groups in total. The number of amides is 1. The van der Waals surface area contributed by atoms with E-state index in [1.165, 1.54) is 0 Å². The number of nitrogens with one attached hydrogen (secondary N) is 1. The summed E-state index contributed by atoms with van der Waals surface area (Å²) in [5.41, 5.74) is 0. The maximum atomic E-state index is 11.9. The van der Waals surface area contributed by atoms with Gasteiger partial charge in [-0.2, -0.15) is 11.8 Å². The number of carbonyl (C=O) groups is 1. The van der Waals surface area contributed by atoms with Crippen LogP contribution in [-0.4, -0.2) is 61.7 Å². The SMILES string of the molecule is CSCC(C)N(C)C(=O)CC1COCCN1. The molecule has 2 unspecified atom stereocenters. The Kier molecular flexibility index (Phi) is 6.16. The van der Waals surface area contributed by atoms with Crippen LogP contribution < -0.4 is 5.32 Å². The number of ether oxygens (including phenoxy) is 1. The van der Waals surface area contributed by atoms with Crippen LogP contribution in [0, 0.1) is 0 Å². The Morgan fingerprint density at radius 2 is 2.44 bits per heavy atom. The number of thioether (sulfide) groups is 1. The van der Waals surface area contributed by atoms with Gasteiger partial charge in [-0.3, -0.25) is 4.79 Å². The molecular weight excluding hydrogens is 224 g/mol. The molecule has 1 aliphatic rings. The van der Waals surface area contributed by atoms with Gasteiger partial charge >= 0.3 is 0 Å². The molecular formula is C11H22N2O2S. The average molecular weight is 246 g/mol. The monoisotopic (exact) mass is 246 g/mol. The maximum Gasteiger partial charge on any atom is 0.224 e. The first-order valence-corrected chi connectivity index (χ1v) is 7.10. The zero-order valence-electron chi connectivity index (χ0n) is 10.4. The Labute approximate surface area is 102 Å². The van der Waals surface area contributed by atoms with Crippen LogP contribution in [0.25, 0.3) is 0 Å². The number of nitrogens with zero attached hydrogens (tertiary/aromatic N) is 1. The Hall–Kier alpha value is -0.260. The van der Waals surface area contributed by atoms with Crippen molar-refractivity contribution in [2.45, 2.75) is 25.4 Å². The lowest BCUT2D eigenvalue weighted by Crippen LogP contribution is -2.46. The van der Waals surface area contributed by atoms with Gasteiger partial charge in [0.15, 0.2) is 0 Å². The van der Waals surface area contributed by atoms with Crippen molar-refractivity contribution in [3.8, 4) is 0 Å². The van der Waals surface area contributed by atoms with Crippen molar-refractivity contribution in [3.63, 3.8) is 0 Å². The summed E-state index contributed by atoms with van der Waals surface area (Å²) in [5, 5.41) is 3.30. The predicted octanol–water partition coefficient (Wildman–Crippen LogP) is 0.575. The van der Waals surface area contributed by atoms with E-state index in [0.29, 0.717) is 19.1 Å². The number of hydrogen-bond donors (Lipinski definition) is 1. The summed E-state index contributed by atoms with van der Waals surface area (Å²) in [4.78, 5) is 13.8. The van der Waals surface area contributed by atoms with E-state index in [9.17, 15) is 4.79 Å². The van der Waals surface area contributed by atoms with Gasteiger partial charge in [-0.05, 0) is 13.2 Å².